The summed E-state index contributed by atoms with van der Waals surface area (Å²) in [5.74, 6) is -0.607. The SMILES string of the molecule is CCCC(NS(=O)(=O)c1cc(OC)cc(OC)c1)C(=O)O. The molecule has 0 bridgehead atoms. The van der Waals surface area contributed by atoms with Crippen molar-refractivity contribution in [1.29, 1.82) is 0 Å². The molecule has 0 aromatic heterocycles. The monoisotopic (exact) mass is 317 g/mol. The minimum absolute atomic E-state index is 0.110. The molecule has 1 rings (SSSR count). The number of carboxylic acids is 1. The molecule has 0 aliphatic carbocycles. The summed E-state index contributed by atoms with van der Waals surface area (Å²) in [5.41, 5.74) is 0. The van der Waals surface area contributed by atoms with E-state index in [0.29, 0.717) is 17.9 Å². The average Bonchev–Trinajstić information content (AvgIpc) is 2.45. The number of rotatable bonds is 8. The van der Waals surface area contributed by atoms with E-state index in [4.69, 9.17) is 14.6 Å². The Morgan fingerprint density at radius 1 is 1.24 bits per heavy atom. The van der Waals surface area contributed by atoms with Gasteiger partial charge in [0.25, 0.3) is 0 Å². The second kappa shape index (κ2) is 7.28. The van der Waals surface area contributed by atoms with Crippen LogP contribution in [0.5, 0.6) is 11.5 Å². The second-order valence-electron chi connectivity index (χ2n) is 4.35. The van der Waals surface area contributed by atoms with E-state index in [-0.39, 0.29) is 11.3 Å². The molecule has 7 nitrogen and oxygen atoms in total. The van der Waals surface area contributed by atoms with E-state index in [1.54, 1.807) is 6.92 Å². The molecule has 0 amide bonds. The summed E-state index contributed by atoms with van der Waals surface area (Å²) in [6.45, 7) is 1.78. The molecule has 0 saturated heterocycles. The predicted octanol–water partition coefficient (Wildman–Crippen LogP) is 1.24. The van der Waals surface area contributed by atoms with Crippen LogP contribution in [0.3, 0.4) is 0 Å². The lowest BCUT2D eigenvalue weighted by atomic mass is 10.2. The van der Waals surface area contributed by atoms with Gasteiger partial charge in [0.15, 0.2) is 0 Å². The average molecular weight is 317 g/mol. The zero-order valence-electron chi connectivity index (χ0n) is 12.1. The lowest BCUT2D eigenvalue weighted by molar-refractivity contribution is -0.139. The summed E-state index contributed by atoms with van der Waals surface area (Å²) in [6, 6.07) is 2.96. The van der Waals surface area contributed by atoms with Crippen LogP contribution in [0.1, 0.15) is 19.8 Å². The van der Waals surface area contributed by atoms with Crippen molar-refractivity contribution in [2.24, 2.45) is 0 Å². The molecule has 0 spiro atoms. The molecule has 1 aromatic carbocycles. The Morgan fingerprint density at radius 2 is 1.76 bits per heavy atom. The quantitative estimate of drug-likeness (QED) is 0.748. The first-order valence-electron chi connectivity index (χ1n) is 6.32. The Bertz CT molecular complexity index is 576. The fourth-order valence-corrected chi connectivity index (χ4v) is 2.99. The molecule has 0 heterocycles. The molecule has 0 saturated carbocycles. The lowest BCUT2D eigenvalue weighted by Gasteiger charge is -2.15. The van der Waals surface area contributed by atoms with Crippen LogP contribution < -0.4 is 14.2 Å². The van der Waals surface area contributed by atoms with E-state index >= 15 is 0 Å². The summed E-state index contributed by atoms with van der Waals surface area (Å²) in [6.07, 6.45) is 0.747. The lowest BCUT2D eigenvalue weighted by Crippen LogP contribution is -2.40. The number of hydrogen-bond acceptors (Lipinski definition) is 5. The molecule has 0 fully saturated rings. The van der Waals surface area contributed by atoms with Crippen LogP contribution in [-0.2, 0) is 14.8 Å². The van der Waals surface area contributed by atoms with E-state index in [2.05, 4.69) is 4.72 Å². The van der Waals surface area contributed by atoms with Gasteiger partial charge in [0.05, 0.1) is 19.1 Å². The first-order chi connectivity index (χ1) is 9.83. The molecule has 1 aromatic rings. The third kappa shape index (κ3) is 4.61. The first kappa shape index (κ1) is 17.3. The largest absolute Gasteiger partial charge is 0.497 e. The number of methoxy groups -OCH3 is 2. The fraction of sp³-hybridized carbons (Fsp3) is 0.462. The molecular weight excluding hydrogens is 298 g/mol. The van der Waals surface area contributed by atoms with Crippen molar-refractivity contribution in [3.8, 4) is 11.5 Å². The fourth-order valence-electron chi connectivity index (χ4n) is 1.71. The van der Waals surface area contributed by atoms with Gasteiger partial charge in [-0.25, -0.2) is 8.42 Å². The maximum absolute atomic E-state index is 12.3. The van der Waals surface area contributed by atoms with Crippen molar-refractivity contribution in [2.45, 2.75) is 30.7 Å². The van der Waals surface area contributed by atoms with E-state index in [0.717, 1.165) is 0 Å². The van der Waals surface area contributed by atoms with E-state index in [1.807, 2.05) is 0 Å². The topological polar surface area (TPSA) is 102 Å². The van der Waals surface area contributed by atoms with E-state index in [9.17, 15) is 13.2 Å². The number of benzene rings is 1. The highest BCUT2D eigenvalue weighted by atomic mass is 32.2. The number of sulfonamides is 1. The minimum Gasteiger partial charge on any atom is -0.497 e. The molecule has 1 unspecified atom stereocenters. The molecule has 2 N–H and O–H groups in total. The van der Waals surface area contributed by atoms with Gasteiger partial charge in [-0.15, -0.1) is 0 Å². The van der Waals surface area contributed by atoms with Crippen LogP contribution in [0.25, 0.3) is 0 Å². The van der Waals surface area contributed by atoms with Gasteiger partial charge in [0, 0.05) is 18.2 Å². The number of nitrogens with one attached hydrogen (secondary N) is 1. The second-order valence-corrected chi connectivity index (χ2v) is 6.06. The smallest absolute Gasteiger partial charge is 0.321 e. The molecule has 118 valence electrons. The van der Waals surface area contributed by atoms with Crippen LogP contribution in [-0.4, -0.2) is 39.8 Å². The van der Waals surface area contributed by atoms with Gasteiger partial charge in [-0.3, -0.25) is 4.79 Å². The summed E-state index contributed by atoms with van der Waals surface area (Å²) in [7, 11) is -1.19. The molecule has 1 atom stereocenters. The minimum atomic E-state index is -3.98. The zero-order chi connectivity index (χ0) is 16.0. The van der Waals surface area contributed by atoms with Crippen molar-refractivity contribution in [3.05, 3.63) is 18.2 Å². The third-order valence-electron chi connectivity index (χ3n) is 2.81. The number of ether oxygens (including phenoxy) is 2. The first-order valence-corrected chi connectivity index (χ1v) is 7.80. The summed E-state index contributed by atoms with van der Waals surface area (Å²) < 4.78 is 36.7. The summed E-state index contributed by atoms with van der Waals surface area (Å²) in [4.78, 5) is 11.0. The van der Waals surface area contributed by atoms with Gasteiger partial charge in [-0.1, -0.05) is 13.3 Å². The van der Waals surface area contributed by atoms with Crippen LogP contribution in [0.15, 0.2) is 23.1 Å². The predicted molar refractivity (Wildman–Crippen MR) is 76.2 cm³/mol. The van der Waals surface area contributed by atoms with Crippen molar-refractivity contribution >= 4 is 16.0 Å². The Morgan fingerprint density at radius 3 is 2.14 bits per heavy atom. The number of aliphatic carboxylic acids is 1. The van der Waals surface area contributed by atoms with E-state index in [1.165, 1.54) is 32.4 Å². The maximum atomic E-state index is 12.3. The zero-order valence-corrected chi connectivity index (χ0v) is 12.9. The van der Waals surface area contributed by atoms with E-state index < -0.39 is 22.0 Å². The molecular formula is C13H19NO6S. The molecule has 0 aliphatic rings. The highest BCUT2D eigenvalue weighted by Crippen LogP contribution is 2.25. The van der Waals surface area contributed by atoms with Crippen molar-refractivity contribution in [2.75, 3.05) is 14.2 Å². The van der Waals surface area contributed by atoms with Gasteiger partial charge in [-0.2, -0.15) is 4.72 Å². The van der Waals surface area contributed by atoms with Gasteiger partial charge >= 0.3 is 5.97 Å². The molecule has 0 radical (unpaired) electrons. The number of carboxylic acid groups (broad SMARTS) is 1. The molecule has 0 aliphatic heterocycles. The number of hydrogen-bond donors (Lipinski definition) is 2. The number of carbonyl (C=O) groups is 1. The highest BCUT2D eigenvalue weighted by Gasteiger charge is 2.25. The normalized spacial score (nSPS) is 12.7. The Hall–Kier alpha value is -1.80. The Balaban J connectivity index is 3.14. The van der Waals surface area contributed by atoms with Gasteiger partial charge in [0.2, 0.25) is 10.0 Å². The molecule has 8 heteroatoms. The summed E-state index contributed by atoms with van der Waals surface area (Å²) in [5, 5.41) is 9.04. The molecule has 21 heavy (non-hydrogen) atoms. The van der Waals surface area contributed by atoms with Gasteiger partial charge in [-0.05, 0) is 6.42 Å². The van der Waals surface area contributed by atoms with Crippen molar-refractivity contribution < 1.29 is 27.8 Å². The van der Waals surface area contributed by atoms with Crippen molar-refractivity contribution in [1.82, 2.24) is 4.72 Å². The van der Waals surface area contributed by atoms with Crippen LogP contribution in [0, 0.1) is 0 Å². The maximum Gasteiger partial charge on any atom is 0.321 e. The van der Waals surface area contributed by atoms with Gasteiger partial charge < -0.3 is 14.6 Å². The Labute approximate surface area is 123 Å². The highest BCUT2D eigenvalue weighted by molar-refractivity contribution is 7.89. The van der Waals surface area contributed by atoms with Crippen LogP contribution in [0.4, 0.5) is 0 Å². The standard InChI is InChI=1S/C13H19NO6S/c1-4-5-12(13(15)16)14-21(17,18)11-7-9(19-2)6-10(8-11)20-3/h6-8,12,14H,4-5H2,1-3H3,(H,15,16). The van der Waals surface area contributed by atoms with Gasteiger partial charge in [0.1, 0.15) is 17.5 Å². The van der Waals surface area contributed by atoms with Crippen molar-refractivity contribution in [3.63, 3.8) is 0 Å². The third-order valence-corrected chi connectivity index (χ3v) is 4.26. The van der Waals surface area contributed by atoms with Crippen LogP contribution in [0.2, 0.25) is 0 Å². The Kier molecular flexibility index (Phi) is 5.98. The van der Waals surface area contributed by atoms with Crippen LogP contribution >= 0.6 is 0 Å². The summed E-state index contributed by atoms with van der Waals surface area (Å²) >= 11 is 0.